The fraction of sp³-hybridized carbons (Fsp3) is 0.318. The third-order valence-corrected chi connectivity index (χ3v) is 6.38. The molecule has 30 heavy (non-hydrogen) atoms. The largest absolute Gasteiger partial charge is 0.398 e. The predicted octanol–water partition coefficient (Wildman–Crippen LogP) is 4.83. The lowest BCUT2D eigenvalue weighted by molar-refractivity contribution is -0.0543. The Labute approximate surface area is 184 Å². The van der Waals surface area contributed by atoms with Gasteiger partial charge in [-0.25, -0.2) is 0 Å². The van der Waals surface area contributed by atoms with Gasteiger partial charge in [0.05, 0.1) is 5.71 Å². The van der Waals surface area contributed by atoms with Crippen molar-refractivity contribution < 1.29 is 14.5 Å². The molecule has 0 aromatic heterocycles. The molecule has 8 heteroatoms. The van der Waals surface area contributed by atoms with E-state index in [-0.39, 0.29) is 11.8 Å². The molecule has 2 atom stereocenters. The molecule has 0 saturated carbocycles. The highest BCUT2D eigenvalue weighted by Gasteiger charge is 2.52. The molecule has 1 N–H and O–H groups in total. The summed E-state index contributed by atoms with van der Waals surface area (Å²) in [5.74, 6) is -0.0560. The second-order valence-electron chi connectivity index (χ2n) is 7.63. The smallest absolute Gasteiger partial charge is 0.256 e. The van der Waals surface area contributed by atoms with Crippen molar-refractivity contribution in [1.29, 1.82) is 0 Å². The number of hydrogen-bond acceptors (Lipinski definition) is 5. The van der Waals surface area contributed by atoms with Crippen LogP contribution in [0.2, 0.25) is 10.0 Å². The molecule has 0 saturated heterocycles. The molecule has 1 spiro atoms. The van der Waals surface area contributed by atoms with Crippen LogP contribution < -0.4 is 5.32 Å². The summed E-state index contributed by atoms with van der Waals surface area (Å²) in [6, 6.07) is 9.30. The van der Waals surface area contributed by atoms with Crippen molar-refractivity contribution in [2.24, 2.45) is 16.2 Å². The van der Waals surface area contributed by atoms with Crippen LogP contribution in [0.25, 0.3) is 0 Å². The minimum absolute atomic E-state index is 0.205. The molecule has 1 aliphatic carbocycles. The lowest BCUT2D eigenvalue weighted by atomic mass is 9.83. The van der Waals surface area contributed by atoms with Gasteiger partial charge in [0.2, 0.25) is 0 Å². The molecule has 2 aromatic carbocycles. The Hall–Kier alpha value is -2.57. The van der Waals surface area contributed by atoms with Crippen LogP contribution in [0, 0.1) is 12.8 Å². The first-order valence-electron chi connectivity index (χ1n) is 9.56. The van der Waals surface area contributed by atoms with Gasteiger partial charge in [0, 0.05) is 33.5 Å². The van der Waals surface area contributed by atoms with E-state index >= 15 is 0 Å². The van der Waals surface area contributed by atoms with Gasteiger partial charge in [-0.05, 0) is 54.3 Å². The van der Waals surface area contributed by atoms with Crippen LogP contribution in [0.5, 0.6) is 0 Å². The lowest BCUT2D eigenvalue weighted by Gasteiger charge is -2.27. The molecular formula is C22H21Cl2N3O3. The van der Waals surface area contributed by atoms with E-state index in [1.807, 2.05) is 25.1 Å². The number of rotatable bonds is 4. The SMILES string of the molecule is CO/N=C/NC(=O)c1ccc(C2=NOC3(C2)c2cc(Cl)cc(Cl)c2CC3C)cc1C. The standard InChI is InChI=1S/C22H21Cl2N3O3/c1-12-6-14(4-5-16(12)21(28)25-11-26-29-3)20-10-22(30-27-20)13(2)7-17-18(22)8-15(23)9-19(17)24/h4-6,8-9,11,13H,7,10H2,1-3H3,(H,25,26,28). The van der Waals surface area contributed by atoms with Gasteiger partial charge in [0.25, 0.3) is 5.91 Å². The molecule has 4 rings (SSSR count). The molecule has 1 amide bonds. The molecule has 0 radical (unpaired) electrons. The first kappa shape index (κ1) is 20.7. The van der Waals surface area contributed by atoms with Gasteiger partial charge in [0.15, 0.2) is 5.60 Å². The number of fused-ring (bicyclic) bond motifs is 2. The van der Waals surface area contributed by atoms with E-state index in [2.05, 4.69) is 27.4 Å². The molecule has 2 aromatic rings. The Morgan fingerprint density at radius 3 is 2.90 bits per heavy atom. The van der Waals surface area contributed by atoms with Crippen molar-refractivity contribution in [3.05, 3.63) is 68.2 Å². The highest BCUT2D eigenvalue weighted by Crippen LogP contribution is 2.52. The first-order chi connectivity index (χ1) is 14.4. The van der Waals surface area contributed by atoms with Crippen molar-refractivity contribution in [2.75, 3.05) is 7.11 Å². The Morgan fingerprint density at radius 1 is 1.37 bits per heavy atom. The van der Waals surface area contributed by atoms with E-state index < -0.39 is 5.60 Å². The van der Waals surface area contributed by atoms with E-state index in [9.17, 15) is 4.79 Å². The molecular weight excluding hydrogens is 425 g/mol. The summed E-state index contributed by atoms with van der Waals surface area (Å²) >= 11 is 12.7. The van der Waals surface area contributed by atoms with Crippen molar-refractivity contribution >= 4 is 41.2 Å². The Bertz CT molecular complexity index is 1080. The zero-order valence-electron chi connectivity index (χ0n) is 16.8. The fourth-order valence-electron chi connectivity index (χ4n) is 4.25. The van der Waals surface area contributed by atoms with E-state index in [4.69, 9.17) is 28.0 Å². The van der Waals surface area contributed by atoms with Gasteiger partial charge in [-0.3, -0.25) is 4.79 Å². The number of amides is 1. The van der Waals surface area contributed by atoms with Crippen LogP contribution in [0.4, 0.5) is 0 Å². The average molecular weight is 446 g/mol. The number of nitrogens with zero attached hydrogens (tertiary/aromatic N) is 2. The number of halogens is 2. The van der Waals surface area contributed by atoms with Crippen molar-refractivity contribution in [3.63, 3.8) is 0 Å². The third-order valence-electron chi connectivity index (χ3n) is 5.83. The molecule has 6 nitrogen and oxygen atoms in total. The minimum Gasteiger partial charge on any atom is -0.398 e. The maximum absolute atomic E-state index is 12.3. The maximum Gasteiger partial charge on any atom is 0.256 e. The summed E-state index contributed by atoms with van der Waals surface area (Å²) in [4.78, 5) is 22.9. The molecule has 0 bridgehead atoms. The number of benzene rings is 2. The minimum atomic E-state index is -0.570. The van der Waals surface area contributed by atoms with Crippen LogP contribution in [-0.2, 0) is 21.7 Å². The van der Waals surface area contributed by atoms with Crippen LogP contribution in [0.1, 0.15) is 46.0 Å². The monoisotopic (exact) mass is 445 g/mol. The second kappa shape index (κ2) is 7.93. The maximum atomic E-state index is 12.3. The second-order valence-corrected chi connectivity index (χ2v) is 8.48. The summed E-state index contributed by atoms with van der Waals surface area (Å²) in [5, 5.41) is 11.8. The fourth-order valence-corrected chi connectivity index (χ4v) is 4.82. The normalized spacial score (nSPS) is 22.2. The van der Waals surface area contributed by atoms with Crippen molar-refractivity contribution in [1.82, 2.24) is 5.32 Å². The van der Waals surface area contributed by atoms with Crippen LogP contribution in [0.3, 0.4) is 0 Å². The predicted molar refractivity (Wildman–Crippen MR) is 117 cm³/mol. The lowest BCUT2D eigenvalue weighted by Crippen LogP contribution is -2.30. The first-order valence-corrected chi connectivity index (χ1v) is 10.3. The summed E-state index contributed by atoms with van der Waals surface area (Å²) in [5.41, 5.74) is 4.64. The summed E-state index contributed by atoms with van der Waals surface area (Å²) < 4.78 is 0. The van der Waals surface area contributed by atoms with Crippen LogP contribution >= 0.6 is 23.2 Å². The number of hydrogen-bond donors (Lipinski definition) is 1. The number of oxime groups is 2. The highest BCUT2D eigenvalue weighted by atomic mass is 35.5. The molecule has 2 unspecified atom stereocenters. The van der Waals surface area contributed by atoms with Gasteiger partial charge in [-0.1, -0.05) is 46.5 Å². The zero-order valence-corrected chi connectivity index (χ0v) is 18.3. The molecule has 0 fully saturated rings. The summed E-state index contributed by atoms with van der Waals surface area (Å²) in [6.45, 7) is 4.02. The topological polar surface area (TPSA) is 72.3 Å². The third kappa shape index (κ3) is 3.44. The number of carbonyl (C=O) groups is 1. The molecule has 2 aliphatic rings. The van der Waals surface area contributed by atoms with Crippen LogP contribution in [0.15, 0.2) is 40.6 Å². The number of carbonyl (C=O) groups excluding carboxylic acids is 1. The molecule has 1 aliphatic heterocycles. The van der Waals surface area contributed by atoms with Crippen molar-refractivity contribution in [3.8, 4) is 0 Å². The van der Waals surface area contributed by atoms with Gasteiger partial charge >= 0.3 is 0 Å². The molecule has 1 heterocycles. The zero-order chi connectivity index (χ0) is 21.5. The Balaban J connectivity index is 1.59. The van der Waals surface area contributed by atoms with Gasteiger partial charge < -0.3 is 15.0 Å². The Morgan fingerprint density at radius 2 is 2.17 bits per heavy atom. The Kier molecular flexibility index (Phi) is 5.47. The highest BCUT2D eigenvalue weighted by molar-refractivity contribution is 6.35. The van der Waals surface area contributed by atoms with Gasteiger partial charge in [-0.15, -0.1) is 0 Å². The van der Waals surface area contributed by atoms with Crippen LogP contribution in [-0.4, -0.2) is 25.1 Å². The average Bonchev–Trinajstić information content (AvgIpc) is 3.26. The summed E-state index contributed by atoms with van der Waals surface area (Å²) in [7, 11) is 1.41. The van der Waals surface area contributed by atoms with Gasteiger partial charge in [-0.2, -0.15) is 0 Å². The number of nitrogens with one attached hydrogen (secondary N) is 1. The van der Waals surface area contributed by atoms with E-state index in [1.165, 1.54) is 13.4 Å². The van der Waals surface area contributed by atoms with Crippen molar-refractivity contribution in [2.45, 2.75) is 32.3 Å². The van der Waals surface area contributed by atoms with Gasteiger partial charge in [0.1, 0.15) is 13.4 Å². The van der Waals surface area contributed by atoms with E-state index in [1.54, 1.807) is 12.1 Å². The quantitative estimate of drug-likeness (QED) is 0.415. The van der Waals surface area contributed by atoms with E-state index in [0.29, 0.717) is 22.0 Å². The molecule has 156 valence electrons. The number of aryl methyl sites for hydroxylation is 1. The summed E-state index contributed by atoms with van der Waals surface area (Å²) in [6.07, 6.45) is 2.64. The van der Waals surface area contributed by atoms with E-state index in [0.717, 1.165) is 34.4 Å².